The van der Waals surface area contributed by atoms with Crippen molar-refractivity contribution < 1.29 is 9.53 Å². The van der Waals surface area contributed by atoms with Crippen LogP contribution in [0.15, 0.2) is 30.3 Å². The Balaban J connectivity index is 1.87. The second-order valence-corrected chi connectivity index (χ2v) is 7.24. The number of urea groups is 1. The molecule has 2 N–H and O–H groups in total. The third kappa shape index (κ3) is 6.03. The topological polar surface area (TPSA) is 50.4 Å². The van der Waals surface area contributed by atoms with E-state index >= 15 is 0 Å². The number of carbonyl (C=O) groups is 1. The first-order valence-corrected chi connectivity index (χ1v) is 9.85. The van der Waals surface area contributed by atoms with E-state index in [-0.39, 0.29) is 11.4 Å². The third-order valence-electron chi connectivity index (χ3n) is 5.52. The van der Waals surface area contributed by atoms with Crippen molar-refractivity contribution in [3.63, 3.8) is 0 Å². The largest absolute Gasteiger partial charge is 0.381 e. The Labute approximate surface area is 152 Å². The molecule has 0 spiro atoms. The first-order valence-electron chi connectivity index (χ1n) is 9.85. The van der Waals surface area contributed by atoms with E-state index in [0.717, 1.165) is 39.0 Å². The predicted molar refractivity (Wildman–Crippen MR) is 103 cm³/mol. The van der Waals surface area contributed by atoms with Crippen LogP contribution in [0, 0.1) is 5.92 Å². The van der Waals surface area contributed by atoms with Gasteiger partial charge >= 0.3 is 6.03 Å². The fourth-order valence-corrected chi connectivity index (χ4v) is 3.61. The minimum absolute atomic E-state index is 0.0107. The molecule has 2 rings (SSSR count). The molecule has 0 radical (unpaired) electrons. The SMILES string of the molecule is CCCCC(CC)CNC(=O)NCC1(c2ccccc2)CCOCC1. The van der Waals surface area contributed by atoms with E-state index in [1.54, 1.807) is 0 Å². The number of nitrogens with one attached hydrogen (secondary N) is 2. The number of hydrogen-bond donors (Lipinski definition) is 2. The zero-order valence-electron chi connectivity index (χ0n) is 15.9. The van der Waals surface area contributed by atoms with E-state index in [9.17, 15) is 4.79 Å². The molecule has 0 saturated carbocycles. The van der Waals surface area contributed by atoms with Crippen LogP contribution in [-0.2, 0) is 10.2 Å². The summed E-state index contributed by atoms with van der Waals surface area (Å²) in [6.07, 6.45) is 6.66. The highest BCUT2D eigenvalue weighted by molar-refractivity contribution is 5.74. The molecule has 140 valence electrons. The molecule has 1 aromatic rings. The van der Waals surface area contributed by atoms with Gasteiger partial charge in [0.15, 0.2) is 0 Å². The van der Waals surface area contributed by atoms with Crippen LogP contribution in [0.3, 0.4) is 0 Å². The van der Waals surface area contributed by atoms with Gasteiger partial charge in [0, 0.05) is 31.7 Å². The average molecular weight is 347 g/mol. The maximum Gasteiger partial charge on any atom is 0.314 e. The highest BCUT2D eigenvalue weighted by Crippen LogP contribution is 2.34. The molecule has 1 atom stereocenters. The Hall–Kier alpha value is -1.55. The molecule has 0 aliphatic carbocycles. The van der Waals surface area contributed by atoms with Gasteiger partial charge in [0.25, 0.3) is 0 Å². The number of amides is 2. The van der Waals surface area contributed by atoms with Gasteiger partial charge in [-0.2, -0.15) is 0 Å². The van der Waals surface area contributed by atoms with Gasteiger partial charge in [0.2, 0.25) is 0 Å². The average Bonchev–Trinajstić information content (AvgIpc) is 2.68. The molecule has 1 heterocycles. The van der Waals surface area contributed by atoms with Crippen LogP contribution in [0.2, 0.25) is 0 Å². The Morgan fingerprint density at radius 2 is 1.88 bits per heavy atom. The zero-order chi connectivity index (χ0) is 18.0. The molecule has 4 nitrogen and oxygen atoms in total. The van der Waals surface area contributed by atoms with Crippen LogP contribution < -0.4 is 10.6 Å². The summed E-state index contributed by atoms with van der Waals surface area (Å²) in [5, 5.41) is 6.19. The van der Waals surface area contributed by atoms with Gasteiger partial charge in [0.1, 0.15) is 0 Å². The normalized spacial score (nSPS) is 17.7. The van der Waals surface area contributed by atoms with Gasteiger partial charge in [-0.15, -0.1) is 0 Å². The van der Waals surface area contributed by atoms with E-state index < -0.39 is 0 Å². The first kappa shape index (κ1) is 19.8. The van der Waals surface area contributed by atoms with Gasteiger partial charge in [-0.25, -0.2) is 4.79 Å². The number of rotatable bonds is 9. The van der Waals surface area contributed by atoms with Crippen LogP contribution in [0.5, 0.6) is 0 Å². The monoisotopic (exact) mass is 346 g/mol. The van der Waals surface area contributed by atoms with E-state index in [1.165, 1.54) is 24.8 Å². The van der Waals surface area contributed by atoms with Gasteiger partial charge in [-0.3, -0.25) is 0 Å². The van der Waals surface area contributed by atoms with Gasteiger partial charge < -0.3 is 15.4 Å². The molecule has 1 unspecified atom stereocenters. The van der Waals surface area contributed by atoms with Crippen molar-refractivity contribution in [3.05, 3.63) is 35.9 Å². The van der Waals surface area contributed by atoms with E-state index in [1.807, 2.05) is 6.07 Å². The Kier molecular flexibility index (Phi) is 8.26. The molecule has 1 aliphatic rings. The lowest BCUT2D eigenvalue weighted by atomic mass is 9.74. The first-order chi connectivity index (χ1) is 12.2. The number of unbranched alkanes of at least 4 members (excludes halogenated alkanes) is 1. The smallest absolute Gasteiger partial charge is 0.314 e. The number of ether oxygens (including phenoxy) is 1. The minimum Gasteiger partial charge on any atom is -0.381 e. The highest BCUT2D eigenvalue weighted by Gasteiger charge is 2.34. The molecule has 1 aliphatic heterocycles. The second kappa shape index (κ2) is 10.4. The summed E-state index contributed by atoms with van der Waals surface area (Å²) < 4.78 is 5.56. The Morgan fingerprint density at radius 1 is 1.16 bits per heavy atom. The number of benzene rings is 1. The van der Waals surface area contributed by atoms with Crippen LogP contribution >= 0.6 is 0 Å². The summed E-state index contributed by atoms with van der Waals surface area (Å²) in [6.45, 7) is 7.36. The van der Waals surface area contributed by atoms with Crippen molar-refractivity contribution in [2.75, 3.05) is 26.3 Å². The highest BCUT2D eigenvalue weighted by atomic mass is 16.5. The van der Waals surface area contributed by atoms with Crippen molar-refractivity contribution in [2.45, 2.75) is 57.8 Å². The summed E-state index contributed by atoms with van der Waals surface area (Å²) in [6, 6.07) is 10.5. The maximum atomic E-state index is 12.3. The quantitative estimate of drug-likeness (QED) is 0.702. The molecule has 4 heteroatoms. The Morgan fingerprint density at radius 3 is 2.52 bits per heavy atom. The molecule has 1 aromatic carbocycles. The molecule has 25 heavy (non-hydrogen) atoms. The van der Waals surface area contributed by atoms with E-state index in [2.05, 4.69) is 48.7 Å². The van der Waals surface area contributed by atoms with Gasteiger partial charge in [-0.1, -0.05) is 63.4 Å². The Bertz CT molecular complexity index is 498. The lowest BCUT2D eigenvalue weighted by Crippen LogP contribution is -2.48. The van der Waals surface area contributed by atoms with E-state index in [0.29, 0.717) is 12.5 Å². The van der Waals surface area contributed by atoms with Crippen molar-refractivity contribution in [1.82, 2.24) is 10.6 Å². The van der Waals surface area contributed by atoms with Crippen LogP contribution in [0.25, 0.3) is 0 Å². The number of hydrogen-bond acceptors (Lipinski definition) is 2. The van der Waals surface area contributed by atoms with Crippen LogP contribution in [-0.4, -0.2) is 32.3 Å². The van der Waals surface area contributed by atoms with Crippen molar-refractivity contribution in [3.8, 4) is 0 Å². The molecular weight excluding hydrogens is 312 g/mol. The molecule has 0 aromatic heterocycles. The molecule has 0 bridgehead atoms. The lowest BCUT2D eigenvalue weighted by Gasteiger charge is -2.38. The van der Waals surface area contributed by atoms with Crippen molar-refractivity contribution in [1.29, 1.82) is 0 Å². The summed E-state index contributed by atoms with van der Waals surface area (Å²) in [5.41, 5.74) is 1.29. The van der Waals surface area contributed by atoms with Crippen LogP contribution in [0.1, 0.15) is 57.9 Å². The fourth-order valence-electron chi connectivity index (χ4n) is 3.61. The third-order valence-corrected chi connectivity index (χ3v) is 5.52. The standard InChI is InChI=1S/C21H34N2O2/c1-3-5-9-18(4-2)16-22-20(24)23-17-21(12-14-25-15-13-21)19-10-7-6-8-11-19/h6-8,10-11,18H,3-5,9,12-17H2,1-2H3,(H2,22,23,24). The minimum atomic E-state index is -0.0447. The van der Waals surface area contributed by atoms with Gasteiger partial charge in [0.05, 0.1) is 0 Å². The molecule has 2 amide bonds. The molecule has 1 fully saturated rings. The summed E-state index contributed by atoms with van der Waals surface area (Å²) in [5.74, 6) is 0.580. The lowest BCUT2D eigenvalue weighted by molar-refractivity contribution is 0.0507. The number of carbonyl (C=O) groups excluding carboxylic acids is 1. The van der Waals surface area contributed by atoms with Gasteiger partial charge in [-0.05, 0) is 30.7 Å². The molecule has 1 saturated heterocycles. The summed E-state index contributed by atoms with van der Waals surface area (Å²) >= 11 is 0. The summed E-state index contributed by atoms with van der Waals surface area (Å²) in [7, 11) is 0. The van der Waals surface area contributed by atoms with Crippen molar-refractivity contribution >= 4 is 6.03 Å². The maximum absolute atomic E-state index is 12.3. The van der Waals surface area contributed by atoms with Crippen LogP contribution in [0.4, 0.5) is 4.79 Å². The molecular formula is C21H34N2O2. The van der Waals surface area contributed by atoms with Crippen molar-refractivity contribution in [2.24, 2.45) is 5.92 Å². The predicted octanol–water partition coefficient (Wildman–Crippen LogP) is 4.25. The second-order valence-electron chi connectivity index (χ2n) is 7.24. The zero-order valence-corrected chi connectivity index (χ0v) is 15.9. The van der Waals surface area contributed by atoms with E-state index in [4.69, 9.17) is 4.74 Å². The fraction of sp³-hybridized carbons (Fsp3) is 0.667. The summed E-state index contributed by atoms with van der Waals surface area (Å²) in [4.78, 5) is 12.3.